The van der Waals surface area contributed by atoms with Crippen LogP contribution in [0.3, 0.4) is 0 Å². The van der Waals surface area contributed by atoms with Gasteiger partial charge in [0.15, 0.2) is 0 Å². The van der Waals surface area contributed by atoms with Crippen LogP contribution in [-0.2, 0) is 0 Å². The zero-order valence-corrected chi connectivity index (χ0v) is 12.3. The lowest BCUT2D eigenvalue weighted by Crippen LogP contribution is -2.30. The number of hydrogen-bond donors (Lipinski definition) is 0. The van der Waals surface area contributed by atoms with Crippen molar-refractivity contribution in [1.82, 2.24) is 9.80 Å². The van der Waals surface area contributed by atoms with Crippen molar-refractivity contribution in [2.75, 3.05) is 20.1 Å². The van der Waals surface area contributed by atoms with Crippen molar-refractivity contribution in [3.8, 4) is 0 Å². The van der Waals surface area contributed by atoms with E-state index in [9.17, 15) is 0 Å². The summed E-state index contributed by atoms with van der Waals surface area (Å²) in [6.45, 7) is 16.5. The van der Waals surface area contributed by atoms with Gasteiger partial charge in [-0.25, -0.2) is 0 Å². The molecule has 0 spiro atoms. The van der Waals surface area contributed by atoms with Crippen LogP contribution in [0.25, 0.3) is 0 Å². The largest absolute Gasteiger partial charge is 0.373 e. The molecule has 1 heterocycles. The van der Waals surface area contributed by atoms with Gasteiger partial charge in [0.05, 0.1) is 5.70 Å². The maximum atomic E-state index is 4.09. The van der Waals surface area contributed by atoms with Gasteiger partial charge in [0, 0.05) is 31.5 Å². The molecule has 0 atom stereocenters. The van der Waals surface area contributed by atoms with Crippen LogP contribution in [0, 0.1) is 0 Å². The molecule has 0 aromatic rings. The Hall–Kier alpha value is -1.44. The van der Waals surface area contributed by atoms with Gasteiger partial charge in [-0.3, -0.25) is 0 Å². The average molecular weight is 246 g/mol. The Kier molecular flexibility index (Phi) is 5.26. The van der Waals surface area contributed by atoms with Crippen molar-refractivity contribution in [1.29, 1.82) is 0 Å². The molecule has 0 aromatic heterocycles. The monoisotopic (exact) mass is 246 g/mol. The van der Waals surface area contributed by atoms with Gasteiger partial charge >= 0.3 is 0 Å². The summed E-state index contributed by atoms with van der Waals surface area (Å²) < 4.78 is 0. The highest BCUT2D eigenvalue weighted by molar-refractivity contribution is 5.29. The Labute approximate surface area is 112 Å². The predicted octanol–water partition coefficient (Wildman–Crippen LogP) is 3.91. The quantitative estimate of drug-likeness (QED) is 0.697. The molecule has 2 heteroatoms. The molecular weight excluding hydrogens is 220 g/mol. The van der Waals surface area contributed by atoms with E-state index in [2.05, 4.69) is 56.0 Å². The molecule has 0 saturated carbocycles. The minimum absolute atomic E-state index is 1.07. The van der Waals surface area contributed by atoms with Crippen LogP contribution in [0.1, 0.15) is 33.6 Å². The first kappa shape index (κ1) is 14.6. The summed E-state index contributed by atoms with van der Waals surface area (Å²) in [5.74, 6) is 0. The molecular formula is C16H26N2. The molecule has 0 aromatic carbocycles. The average Bonchev–Trinajstić information content (AvgIpc) is 2.26. The molecule has 0 saturated heterocycles. The maximum Gasteiger partial charge on any atom is 0.0559 e. The summed E-state index contributed by atoms with van der Waals surface area (Å²) in [5.41, 5.74) is 4.74. The van der Waals surface area contributed by atoms with E-state index in [0.29, 0.717) is 0 Å². The molecule has 0 aliphatic carbocycles. The van der Waals surface area contributed by atoms with Crippen LogP contribution in [-0.4, -0.2) is 29.9 Å². The van der Waals surface area contributed by atoms with E-state index in [1.54, 1.807) is 0 Å². The molecule has 0 radical (unpaired) electrons. The zero-order chi connectivity index (χ0) is 13.7. The van der Waals surface area contributed by atoms with E-state index in [1.165, 1.54) is 24.2 Å². The van der Waals surface area contributed by atoms with E-state index in [-0.39, 0.29) is 0 Å². The second-order valence-corrected chi connectivity index (χ2v) is 5.17. The van der Waals surface area contributed by atoms with E-state index < -0.39 is 0 Å². The molecule has 100 valence electrons. The lowest BCUT2D eigenvalue weighted by molar-refractivity contribution is 0.326. The van der Waals surface area contributed by atoms with Crippen molar-refractivity contribution in [2.24, 2.45) is 0 Å². The van der Waals surface area contributed by atoms with E-state index in [1.807, 2.05) is 6.92 Å². The van der Waals surface area contributed by atoms with Crippen LogP contribution < -0.4 is 0 Å². The highest BCUT2D eigenvalue weighted by Crippen LogP contribution is 2.22. The fourth-order valence-corrected chi connectivity index (χ4v) is 2.27. The molecule has 1 aliphatic heterocycles. The third-order valence-electron chi connectivity index (χ3n) is 3.30. The van der Waals surface area contributed by atoms with Gasteiger partial charge in [0.2, 0.25) is 0 Å². The summed E-state index contributed by atoms with van der Waals surface area (Å²) >= 11 is 0. The Morgan fingerprint density at radius 1 is 1.17 bits per heavy atom. The van der Waals surface area contributed by atoms with E-state index in [0.717, 1.165) is 24.4 Å². The molecule has 0 N–H and O–H groups in total. The Balaban J connectivity index is 3.14. The van der Waals surface area contributed by atoms with E-state index >= 15 is 0 Å². The Morgan fingerprint density at radius 3 is 2.33 bits per heavy atom. The standard InChI is InChI=1S/C16H26N2/c1-13(2)9-10-16-15(5)18(14(3)4)12-8-7-11-17(16)6/h9-10H,1,3,7-8,11-12H2,2,4-6H3/b10-9-,16-15-. The first-order chi connectivity index (χ1) is 8.43. The highest BCUT2D eigenvalue weighted by Gasteiger charge is 2.15. The molecule has 1 rings (SSSR count). The van der Waals surface area contributed by atoms with Gasteiger partial charge in [-0.2, -0.15) is 0 Å². The molecule has 0 amide bonds. The Morgan fingerprint density at radius 2 is 1.78 bits per heavy atom. The number of rotatable bonds is 3. The third-order valence-corrected chi connectivity index (χ3v) is 3.30. The van der Waals surface area contributed by atoms with Gasteiger partial charge in [-0.05, 0) is 39.7 Å². The van der Waals surface area contributed by atoms with Crippen molar-refractivity contribution >= 4 is 0 Å². The second kappa shape index (κ2) is 6.48. The minimum Gasteiger partial charge on any atom is -0.373 e. The summed E-state index contributed by atoms with van der Waals surface area (Å²) in [5, 5.41) is 0. The van der Waals surface area contributed by atoms with E-state index in [4.69, 9.17) is 0 Å². The summed E-state index contributed by atoms with van der Waals surface area (Å²) in [7, 11) is 2.16. The van der Waals surface area contributed by atoms with Crippen LogP contribution in [0.2, 0.25) is 0 Å². The first-order valence-electron chi connectivity index (χ1n) is 6.62. The maximum absolute atomic E-state index is 4.09. The van der Waals surface area contributed by atoms with Gasteiger partial charge in [0.25, 0.3) is 0 Å². The van der Waals surface area contributed by atoms with Gasteiger partial charge < -0.3 is 9.80 Å². The van der Waals surface area contributed by atoms with Gasteiger partial charge in [-0.15, -0.1) is 0 Å². The lowest BCUT2D eigenvalue weighted by atomic mass is 10.1. The molecule has 0 fully saturated rings. The van der Waals surface area contributed by atoms with Crippen LogP contribution in [0.4, 0.5) is 0 Å². The van der Waals surface area contributed by atoms with Crippen molar-refractivity contribution in [3.63, 3.8) is 0 Å². The highest BCUT2D eigenvalue weighted by atomic mass is 15.2. The first-order valence-corrected chi connectivity index (χ1v) is 6.62. The molecule has 1 aliphatic rings. The second-order valence-electron chi connectivity index (χ2n) is 5.17. The van der Waals surface area contributed by atoms with Gasteiger partial charge in [-0.1, -0.05) is 24.8 Å². The number of likely N-dealkylation sites (N-methyl/N-ethyl adjacent to an activating group) is 1. The predicted molar refractivity (Wildman–Crippen MR) is 80.0 cm³/mol. The number of allylic oxidation sites excluding steroid dienone is 5. The topological polar surface area (TPSA) is 6.48 Å². The van der Waals surface area contributed by atoms with Crippen LogP contribution in [0.5, 0.6) is 0 Å². The van der Waals surface area contributed by atoms with Crippen molar-refractivity contribution < 1.29 is 0 Å². The summed E-state index contributed by atoms with van der Waals surface area (Å²) in [6, 6.07) is 0. The minimum atomic E-state index is 1.07. The summed E-state index contributed by atoms with van der Waals surface area (Å²) in [6.07, 6.45) is 6.68. The number of nitrogens with zero attached hydrogens (tertiary/aromatic N) is 2. The Bertz CT molecular complexity index is 388. The fourth-order valence-electron chi connectivity index (χ4n) is 2.27. The summed E-state index contributed by atoms with van der Waals surface area (Å²) in [4.78, 5) is 4.64. The van der Waals surface area contributed by atoms with Crippen LogP contribution in [0.15, 0.2) is 48.0 Å². The SMILES string of the molecule is C=C(C)/C=C\C1=C(/C)N(C(=C)C)CCCCN1C. The molecule has 0 bridgehead atoms. The van der Waals surface area contributed by atoms with Crippen molar-refractivity contribution in [3.05, 3.63) is 48.0 Å². The lowest BCUT2D eigenvalue weighted by Gasteiger charge is -2.33. The third kappa shape index (κ3) is 3.80. The fraction of sp³-hybridized carbons (Fsp3) is 0.500. The smallest absolute Gasteiger partial charge is 0.0559 e. The number of hydrogen-bond acceptors (Lipinski definition) is 2. The van der Waals surface area contributed by atoms with Crippen LogP contribution >= 0.6 is 0 Å². The molecule has 2 nitrogen and oxygen atoms in total. The van der Waals surface area contributed by atoms with Gasteiger partial charge in [0.1, 0.15) is 0 Å². The molecule has 0 unspecified atom stereocenters. The van der Waals surface area contributed by atoms with Crippen molar-refractivity contribution in [2.45, 2.75) is 33.6 Å². The normalized spacial score (nSPS) is 22.0. The molecule has 18 heavy (non-hydrogen) atoms. The zero-order valence-electron chi connectivity index (χ0n) is 12.3.